The van der Waals surface area contributed by atoms with E-state index in [1.54, 1.807) is 6.92 Å². The van der Waals surface area contributed by atoms with Crippen molar-refractivity contribution < 1.29 is 28.2 Å². The van der Waals surface area contributed by atoms with E-state index in [1.165, 1.54) is 12.1 Å². The van der Waals surface area contributed by atoms with Gasteiger partial charge in [0.15, 0.2) is 0 Å². The number of sulfonamides is 1. The van der Waals surface area contributed by atoms with Crippen molar-refractivity contribution in [3.8, 4) is 5.75 Å². The Morgan fingerprint density at radius 3 is 2.62 bits per heavy atom. The lowest BCUT2D eigenvalue weighted by atomic mass is 10.2. The Hall–Kier alpha value is -1.64. The molecule has 0 saturated heterocycles. The van der Waals surface area contributed by atoms with Crippen LogP contribution in [0.2, 0.25) is 0 Å². The number of rotatable bonds is 9. The lowest BCUT2D eigenvalue weighted by Gasteiger charge is -2.10. The standard InChI is InChI=1S/C13H19NO6S/c1-2-20-12-6-5-10(9-11(12)13(16)17)21(18,19)14-7-3-4-8-15/h5-6,9,14-15H,2-4,7-8H2,1H3,(H,16,17). The summed E-state index contributed by atoms with van der Waals surface area (Å²) in [4.78, 5) is 11.0. The van der Waals surface area contributed by atoms with Crippen molar-refractivity contribution in [1.82, 2.24) is 4.72 Å². The summed E-state index contributed by atoms with van der Waals surface area (Å²) >= 11 is 0. The molecule has 0 heterocycles. The number of hydrogen-bond acceptors (Lipinski definition) is 5. The van der Waals surface area contributed by atoms with Crippen LogP contribution in [0.3, 0.4) is 0 Å². The molecule has 0 amide bonds. The molecular weight excluding hydrogens is 298 g/mol. The molecule has 0 saturated carbocycles. The molecule has 0 bridgehead atoms. The number of hydrogen-bond donors (Lipinski definition) is 3. The van der Waals surface area contributed by atoms with Gasteiger partial charge < -0.3 is 14.9 Å². The molecule has 3 N–H and O–H groups in total. The van der Waals surface area contributed by atoms with E-state index in [0.717, 1.165) is 6.07 Å². The topological polar surface area (TPSA) is 113 Å². The van der Waals surface area contributed by atoms with Gasteiger partial charge in [-0.1, -0.05) is 0 Å². The fraction of sp³-hybridized carbons (Fsp3) is 0.462. The predicted molar refractivity (Wildman–Crippen MR) is 76.1 cm³/mol. The third-order valence-electron chi connectivity index (χ3n) is 2.67. The fourth-order valence-electron chi connectivity index (χ4n) is 1.65. The molecule has 1 rings (SSSR count). The molecule has 0 atom stereocenters. The summed E-state index contributed by atoms with van der Waals surface area (Å²) in [6.07, 6.45) is 0.991. The summed E-state index contributed by atoms with van der Waals surface area (Å²) in [7, 11) is -3.78. The van der Waals surface area contributed by atoms with E-state index in [4.69, 9.17) is 14.9 Å². The van der Waals surface area contributed by atoms with Gasteiger partial charge in [-0.05, 0) is 38.0 Å². The second-order valence-corrected chi connectivity index (χ2v) is 5.99. The summed E-state index contributed by atoms with van der Waals surface area (Å²) in [5.41, 5.74) is -0.199. The lowest BCUT2D eigenvalue weighted by molar-refractivity contribution is 0.0692. The van der Waals surface area contributed by atoms with Crippen molar-refractivity contribution in [2.75, 3.05) is 19.8 Å². The van der Waals surface area contributed by atoms with E-state index >= 15 is 0 Å². The number of aromatic carboxylic acids is 1. The highest BCUT2D eigenvalue weighted by molar-refractivity contribution is 7.89. The number of carboxylic acid groups (broad SMARTS) is 1. The summed E-state index contributed by atoms with van der Waals surface area (Å²) in [5, 5.41) is 17.7. The number of carbonyl (C=O) groups is 1. The zero-order valence-electron chi connectivity index (χ0n) is 11.7. The Morgan fingerprint density at radius 1 is 1.33 bits per heavy atom. The third-order valence-corrected chi connectivity index (χ3v) is 4.13. The molecule has 1 aromatic carbocycles. The maximum absolute atomic E-state index is 12.0. The molecule has 0 unspecified atom stereocenters. The van der Waals surface area contributed by atoms with E-state index in [-0.39, 0.29) is 36.0 Å². The molecule has 0 spiro atoms. The van der Waals surface area contributed by atoms with Gasteiger partial charge in [0, 0.05) is 13.2 Å². The van der Waals surface area contributed by atoms with Crippen molar-refractivity contribution in [3.05, 3.63) is 23.8 Å². The van der Waals surface area contributed by atoms with E-state index < -0.39 is 16.0 Å². The quantitative estimate of drug-likeness (QED) is 0.582. The van der Waals surface area contributed by atoms with Crippen LogP contribution in [-0.4, -0.2) is 44.4 Å². The van der Waals surface area contributed by atoms with Crippen LogP contribution in [0.5, 0.6) is 5.75 Å². The van der Waals surface area contributed by atoms with Gasteiger partial charge in [0.1, 0.15) is 11.3 Å². The first-order valence-corrected chi connectivity index (χ1v) is 8.01. The number of nitrogens with one attached hydrogen (secondary N) is 1. The first kappa shape index (κ1) is 17.4. The SMILES string of the molecule is CCOc1ccc(S(=O)(=O)NCCCCO)cc1C(=O)O. The summed E-state index contributed by atoms with van der Waals surface area (Å²) in [6, 6.07) is 3.70. The Labute approximate surface area is 123 Å². The van der Waals surface area contributed by atoms with Crippen LogP contribution in [-0.2, 0) is 10.0 Å². The number of unbranched alkanes of at least 4 members (excludes halogenated alkanes) is 1. The Bertz CT molecular complexity index is 584. The number of ether oxygens (including phenoxy) is 1. The first-order valence-electron chi connectivity index (χ1n) is 6.53. The van der Waals surface area contributed by atoms with Crippen molar-refractivity contribution in [1.29, 1.82) is 0 Å². The molecule has 1 aromatic rings. The van der Waals surface area contributed by atoms with Crippen LogP contribution in [0.1, 0.15) is 30.1 Å². The molecule has 0 aliphatic carbocycles. The summed E-state index contributed by atoms with van der Waals surface area (Å²) in [6.45, 7) is 2.16. The van der Waals surface area contributed by atoms with E-state index in [0.29, 0.717) is 12.8 Å². The van der Waals surface area contributed by atoms with E-state index in [1.807, 2.05) is 0 Å². The normalized spacial score (nSPS) is 11.3. The molecule has 0 aromatic heterocycles. The molecule has 0 aliphatic heterocycles. The van der Waals surface area contributed by atoms with Gasteiger partial charge in [0.2, 0.25) is 10.0 Å². The molecule has 0 fully saturated rings. The average Bonchev–Trinajstić information content (AvgIpc) is 2.44. The Kier molecular flexibility index (Phi) is 6.60. The fourth-order valence-corrected chi connectivity index (χ4v) is 2.75. The van der Waals surface area contributed by atoms with Crippen molar-refractivity contribution in [2.45, 2.75) is 24.7 Å². The van der Waals surface area contributed by atoms with Gasteiger partial charge >= 0.3 is 5.97 Å². The highest BCUT2D eigenvalue weighted by Crippen LogP contribution is 2.22. The molecule has 7 nitrogen and oxygen atoms in total. The summed E-state index contributed by atoms with van der Waals surface area (Å²) in [5.74, 6) is -1.12. The van der Waals surface area contributed by atoms with Crippen LogP contribution in [0.25, 0.3) is 0 Å². The number of aliphatic hydroxyl groups excluding tert-OH is 1. The van der Waals surface area contributed by atoms with Crippen molar-refractivity contribution in [3.63, 3.8) is 0 Å². The maximum atomic E-state index is 12.0. The third kappa shape index (κ3) is 5.00. The van der Waals surface area contributed by atoms with Gasteiger partial charge in [-0.15, -0.1) is 0 Å². The van der Waals surface area contributed by atoms with Gasteiger partial charge in [-0.2, -0.15) is 0 Å². The molecule has 0 aliphatic rings. The van der Waals surface area contributed by atoms with Gasteiger partial charge in [0.25, 0.3) is 0 Å². The minimum Gasteiger partial charge on any atom is -0.493 e. The minimum absolute atomic E-state index is 0.00601. The van der Waals surface area contributed by atoms with Crippen LogP contribution in [0, 0.1) is 0 Å². The van der Waals surface area contributed by atoms with E-state index in [9.17, 15) is 13.2 Å². The molecule has 118 valence electrons. The highest BCUT2D eigenvalue weighted by Gasteiger charge is 2.19. The van der Waals surface area contributed by atoms with Gasteiger partial charge in [-0.3, -0.25) is 0 Å². The van der Waals surface area contributed by atoms with Crippen LogP contribution in [0.4, 0.5) is 0 Å². The number of carboxylic acids is 1. The zero-order valence-corrected chi connectivity index (χ0v) is 12.5. The van der Waals surface area contributed by atoms with Crippen molar-refractivity contribution >= 4 is 16.0 Å². The molecule has 8 heteroatoms. The Morgan fingerprint density at radius 2 is 2.05 bits per heavy atom. The van der Waals surface area contributed by atoms with Crippen LogP contribution < -0.4 is 9.46 Å². The van der Waals surface area contributed by atoms with E-state index in [2.05, 4.69) is 4.72 Å². The first-order chi connectivity index (χ1) is 9.92. The Balaban J connectivity index is 2.97. The second kappa shape index (κ2) is 7.96. The molecular formula is C13H19NO6S. The van der Waals surface area contributed by atoms with Crippen LogP contribution in [0.15, 0.2) is 23.1 Å². The zero-order chi connectivity index (χ0) is 15.9. The van der Waals surface area contributed by atoms with Crippen molar-refractivity contribution in [2.24, 2.45) is 0 Å². The summed E-state index contributed by atoms with van der Waals surface area (Å²) < 4.78 is 31.6. The lowest BCUT2D eigenvalue weighted by Crippen LogP contribution is -2.25. The molecule has 0 radical (unpaired) electrons. The monoisotopic (exact) mass is 317 g/mol. The minimum atomic E-state index is -3.78. The smallest absolute Gasteiger partial charge is 0.339 e. The van der Waals surface area contributed by atoms with Gasteiger partial charge in [-0.25, -0.2) is 17.9 Å². The number of aliphatic hydroxyl groups is 1. The molecule has 21 heavy (non-hydrogen) atoms. The van der Waals surface area contributed by atoms with Gasteiger partial charge in [0.05, 0.1) is 11.5 Å². The largest absolute Gasteiger partial charge is 0.493 e. The second-order valence-electron chi connectivity index (χ2n) is 4.22. The predicted octanol–water partition coefficient (Wildman–Crippen LogP) is 0.834. The van der Waals surface area contributed by atoms with Crippen LogP contribution >= 0.6 is 0 Å². The number of benzene rings is 1. The maximum Gasteiger partial charge on any atom is 0.339 e. The highest BCUT2D eigenvalue weighted by atomic mass is 32.2. The average molecular weight is 317 g/mol.